The predicted molar refractivity (Wildman–Crippen MR) is 105 cm³/mol. The lowest BCUT2D eigenvalue weighted by Gasteiger charge is -2.57. The molecule has 0 radical (unpaired) electrons. The van der Waals surface area contributed by atoms with Crippen molar-refractivity contribution >= 4 is 5.97 Å². The Bertz CT molecular complexity index is 744. The first-order valence-corrected chi connectivity index (χ1v) is 10.3. The number of para-hydroxylation sites is 1. The number of rotatable bonds is 5. The van der Waals surface area contributed by atoms with E-state index >= 15 is 0 Å². The monoisotopic (exact) mass is 386 g/mol. The average Bonchev–Trinajstić information content (AvgIpc) is 2.70. The number of ether oxygens (including phenoxy) is 3. The van der Waals surface area contributed by atoms with Gasteiger partial charge in [-0.05, 0) is 61.5 Å². The highest BCUT2D eigenvalue weighted by Gasteiger charge is 2.53. The van der Waals surface area contributed by atoms with E-state index < -0.39 is 5.97 Å². The van der Waals surface area contributed by atoms with E-state index in [2.05, 4.69) is 13.5 Å². The van der Waals surface area contributed by atoms with Gasteiger partial charge in [0.2, 0.25) is 0 Å². The third-order valence-corrected chi connectivity index (χ3v) is 7.33. The van der Waals surface area contributed by atoms with E-state index in [-0.39, 0.29) is 11.0 Å². The van der Waals surface area contributed by atoms with E-state index in [1.54, 1.807) is 18.2 Å². The van der Waals surface area contributed by atoms with E-state index in [1.165, 1.54) is 5.57 Å². The second kappa shape index (κ2) is 7.88. The van der Waals surface area contributed by atoms with Crippen molar-refractivity contribution in [2.75, 3.05) is 20.0 Å². The number of benzene rings is 1. The van der Waals surface area contributed by atoms with Crippen LogP contribution in [0.3, 0.4) is 0 Å². The lowest BCUT2D eigenvalue weighted by atomic mass is 9.50. The van der Waals surface area contributed by atoms with E-state index in [0.29, 0.717) is 43.0 Å². The number of aromatic carboxylic acids is 1. The van der Waals surface area contributed by atoms with Crippen molar-refractivity contribution in [1.82, 2.24) is 0 Å². The summed E-state index contributed by atoms with van der Waals surface area (Å²) in [7, 11) is 0. The Hall–Kier alpha value is -1.85. The Morgan fingerprint density at radius 1 is 1.36 bits per heavy atom. The molecule has 28 heavy (non-hydrogen) atoms. The van der Waals surface area contributed by atoms with E-state index in [0.717, 1.165) is 38.7 Å². The van der Waals surface area contributed by atoms with Crippen LogP contribution in [0.5, 0.6) is 5.75 Å². The summed E-state index contributed by atoms with van der Waals surface area (Å²) in [6.45, 7) is 8.52. The van der Waals surface area contributed by atoms with E-state index in [1.807, 2.05) is 6.07 Å². The van der Waals surface area contributed by atoms with Crippen LogP contribution in [0.4, 0.5) is 0 Å². The number of hydrogen-bond donors (Lipinski definition) is 1. The van der Waals surface area contributed by atoms with Gasteiger partial charge in [0.05, 0.1) is 19.3 Å². The van der Waals surface area contributed by atoms with E-state index in [9.17, 15) is 9.90 Å². The molecular weight excluding hydrogens is 356 g/mol. The summed E-state index contributed by atoms with van der Waals surface area (Å²) < 4.78 is 17.4. The fourth-order valence-electron chi connectivity index (χ4n) is 5.90. The first kappa shape index (κ1) is 19.5. The molecule has 5 nitrogen and oxygen atoms in total. The maximum Gasteiger partial charge on any atom is 0.339 e. The van der Waals surface area contributed by atoms with Gasteiger partial charge < -0.3 is 19.3 Å². The maximum atomic E-state index is 11.4. The zero-order valence-electron chi connectivity index (χ0n) is 16.6. The van der Waals surface area contributed by atoms with Crippen LogP contribution in [-0.4, -0.2) is 37.2 Å². The molecule has 0 aromatic heterocycles. The van der Waals surface area contributed by atoms with Gasteiger partial charge in [-0.25, -0.2) is 4.79 Å². The van der Waals surface area contributed by atoms with Crippen LogP contribution in [0.1, 0.15) is 49.4 Å². The molecule has 3 fully saturated rings. The predicted octanol–water partition coefficient (Wildman–Crippen LogP) is 4.53. The number of carboxylic acid groups (broad SMARTS) is 1. The van der Waals surface area contributed by atoms with Crippen LogP contribution < -0.4 is 4.74 Å². The molecule has 1 aliphatic heterocycles. The highest BCUT2D eigenvalue weighted by molar-refractivity contribution is 5.90. The summed E-state index contributed by atoms with van der Waals surface area (Å²) in [5.41, 5.74) is 1.70. The second-order valence-corrected chi connectivity index (χ2v) is 8.70. The largest absolute Gasteiger partial charge is 0.493 e. The van der Waals surface area contributed by atoms with Crippen molar-refractivity contribution in [2.45, 2.75) is 45.1 Å². The van der Waals surface area contributed by atoms with Gasteiger partial charge in [0.25, 0.3) is 0 Å². The molecule has 2 aliphatic carbocycles. The third kappa shape index (κ3) is 3.46. The lowest BCUT2D eigenvalue weighted by molar-refractivity contribution is -0.218. The molecule has 4 rings (SSSR count). The fourth-order valence-corrected chi connectivity index (χ4v) is 5.90. The molecule has 152 valence electrons. The topological polar surface area (TPSA) is 65.0 Å². The molecule has 0 amide bonds. The number of fused-ring (bicyclic) bond motifs is 3. The van der Waals surface area contributed by atoms with Gasteiger partial charge in [-0.3, -0.25) is 0 Å². The molecule has 1 aromatic carbocycles. The summed E-state index contributed by atoms with van der Waals surface area (Å²) in [5.74, 6) is 0.910. The molecule has 5 heteroatoms. The lowest BCUT2D eigenvalue weighted by Crippen LogP contribution is -2.54. The third-order valence-electron chi connectivity index (χ3n) is 7.33. The fraction of sp³-hybridized carbons (Fsp3) is 0.609. The normalized spacial score (nSPS) is 35.0. The molecule has 0 bridgehead atoms. The number of hydrogen-bond acceptors (Lipinski definition) is 4. The zero-order chi connectivity index (χ0) is 19.7. The van der Waals surface area contributed by atoms with Crippen molar-refractivity contribution in [2.24, 2.45) is 23.2 Å². The highest BCUT2D eigenvalue weighted by Crippen LogP contribution is 2.58. The van der Waals surface area contributed by atoms with Gasteiger partial charge in [-0.2, -0.15) is 0 Å². The van der Waals surface area contributed by atoms with Crippen molar-refractivity contribution in [3.8, 4) is 5.75 Å². The van der Waals surface area contributed by atoms with Gasteiger partial charge in [-0.15, -0.1) is 0 Å². The molecule has 2 saturated carbocycles. The van der Waals surface area contributed by atoms with Crippen LogP contribution in [0.2, 0.25) is 0 Å². The molecule has 3 aliphatic rings. The van der Waals surface area contributed by atoms with Crippen molar-refractivity contribution in [1.29, 1.82) is 0 Å². The molecule has 0 spiro atoms. The Balaban J connectivity index is 1.46. The SMILES string of the molecule is C=C1CCC2C3COCOC3CCC2(C)C1CCOc1ccccc1C(=O)O. The quantitative estimate of drug-likeness (QED) is 0.754. The Morgan fingerprint density at radius 3 is 3.00 bits per heavy atom. The summed E-state index contributed by atoms with van der Waals surface area (Å²) in [6, 6.07) is 6.84. The molecule has 5 unspecified atom stereocenters. The zero-order valence-corrected chi connectivity index (χ0v) is 16.6. The first-order valence-electron chi connectivity index (χ1n) is 10.3. The molecule has 1 heterocycles. The standard InChI is InChI=1S/C23H30O5/c1-15-7-8-19-17-13-26-14-28-21(17)9-11-23(19,2)18(15)10-12-27-20-6-4-3-5-16(20)22(24)25/h3-6,17-19,21H,1,7-14H2,2H3,(H,24,25). The minimum absolute atomic E-state index is 0.177. The minimum atomic E-state index is -0.958. The summed E-state index contributed by atoms with van der Waals surface area (Å²) in [6.07, 6.45) is 5.60. The number of carbonyl (C=O) groups is 1. The molecular formula is C23H30O5. The van der Waals surface area contributed by atoms with Crippen LogP contribution in [0.25, 0.3) is 0 Å². The van der Waals surface area contributed by atoms with Crippen LogP contribution >= 0.6 is 0 Å². The van der Waals surface area contributed by atoms with Gasteiger partial charge in [0.15, 0.2) is 0 Å². The summed E-state index contributed by atoms with van der Waals surface area (Å²) in [4.78, 5) is 11.4. The molecule has 1 aromatic rings. The number of carboxylic acids is 1. The van der Waals surface area contributed by atoms with Gasteiger partial charge >= 0.3 is 5.97 Å². The van der Waals surface area contributed by atoms with Crippen LogP contribution in [0, 0.1) is 23.2 Å². The molecule has 1 N–H and O–H groups in total. The Labute approximate surface area is 166 Å². The average molecular weight is 386 g/mol. The number of allylic oxidation sites excluding steroid dienone is 1. The summed E-state index contributed by atoms with van der Waals surface area (Å²) in [5, 5.41) is 9.34. The second-order valence-electron chi connectivity index (χ2n) is 8.70. The van der Waals surface area contributed by atoms with Gasteiger partial charge in [0.1, 0.15) is 18.1 Å². The van der Waals surface area contributed by atoms with Crippen molar-refractivity contribution in [3.05, 3.63) is 42.0 Å². The minimum Gasteiger partial charge on any atom is -0.493 e. The Morgan fingerprint density at radius 2 is 2.18 bits per heavy atom. The van der Waals surface area contributed by atoms with E-state index in [4.69, 9.17) is 14.2 Å². The van der Waals surface area contributed by atoms with Crippen molar-refractivity contribution < 1.29 is 24.1 Å². The maximum absolute atomic E-state index is 11.4. The molecule has 5 atom stereocenters. The van der Waals surface area contributed by atoms with Crippen molar-refractivity contribution in [3.63, 3.8) is 0 Å². The molecule has 1 saturated heterocycles. The van der Waals surface area contributed by atoms with Gasteiger partial charge in [-0.1, -0.05) is 31.2 Å². The first-order chi connectivity index (χ1) is 13.5. The van der Waals surface area contributed by atoms with Crippen LogP contribution in [0.15, 0.2) is 36.4 Å². The summed E-state index contributed by atoms with van der Waals surface area (Å²) >= 11 is 0. The van der Waals surface area contributed by atoms with Gasteiger partial charge in [0, 0.05) is 5.92 Å². The Kier molecular flexibility index (Phi) is 5.48. The van der Waals surface area contributed by atoms with Crippen LogP contribution in [-0.2, 0) is 9.47 Å². The smallest absolute Gasteiger partial charge is 0.339 e. The highest BCUT2D eigenvalue weighted by atomic mass is 16.7.